The number of nitrogens with zero attached hydrogens (tertiary/aromatic N) is 5. The van der Waals surface area contributed by atoms with E-state index in [1.165, 1.54) is 11.6 Å². The Kier molecular flexibility index (Phi) is 4.96. The van der Waals surface area contributed by atoms with Gasteiger partial charge in [0.05, 0.1) is 11.1 Å². The Morgan fingerprint density at radius 2 is 1.67 bits per heavy atom. The molecule has 1 saturated heterocycles. The van der Waals surface area contributed by atoms with Crippen molar-refractivity contribution in [2.24, 2.45) is 0 Å². The summed E-state index contributed by atoms with van der Waals surface area (Å²) in [6.07, 6.45) is 0. The predicted molar refractivity (Wildman–Crippen MR) is 92.6 cm³/mol. The smallest absolute Gasteiger partial charge is 0.149 e. The standard InChI is InChI=1S/C18H16ClN5/c19-17-15(11-20)10-16(12-21)18(22-17)24-8-6-23(7-9-24)13-14-4-2-1-3-5-14/h1-5,10H,6-9,13H2. The number of pyridine rings is 1. The van der Waals surface area contributed by atoms with E-state index in [9.17, 15) is 5.26 Å². The Morgan fingerprint density at radius 3 is 2.29 bits per heavy atom. The summed E-state index contributed by atoms with van der Waals surface area (Å²) >= 11 is 6.03. The van der Waals surface area contributed by atoms with Gasteiger partial charge in [-0.2, -0.15) is 10.5 Å². The summed E-state index contributed by atoms with van der Waals surface area (Å²) < 4.78 is 0. The number of rotatable bonds is 3. The molecule has 1 aromatic heterocycles. The molecule has 1 aliphatic rings. The van der Waals surface area contributed by atoms with Crippen LogP contribution < -0.4 is 4.90 Å². The van der Waals surface area contributed by atoms with Crippen LogP contribution in [0.25, 0.3) is 0 Å². The van der Waals surface area contributed by atoms with Crippen molar-refractivity contribution in [3.05, 3.63) is 58.2 Å². The lowest BCUT2D eigenvalue weighted by Gasteiger charge is -2.35. The zero-order valence-corrected chi connectivity index (χ0v) is 13.9. The van der Waals surface area contributed by atoms with Crippen LogP contribution in [0.3, 0.4) is 0 Å². The predicted octanol–water partition coefficient (Wildman–Crippen LogP) is 2.80. The lowest BCUT2D eigenvalue weighted by Crippen LogP contribution is -2.46. The van der Waals surface area contributed by atoms with Crippen LogP contribution in [0, 0.1) is 22.7 Å². The van der Waals surface area contributed by atoms with E-state index >= 15 is 0 Å². The molecule has 6 heteroatoms. The van der Waals surface area contributed by atoms with E-state index in [4.69, 9.17) is 16.9 Å². The molecule has 1 aliphatic heterocycles. The molecule has 0 aliphatic carbocycles. The van der Waals surface area contributed by atoms with Gasteiger partial charge in [0.15, 0.2) is 0 Å². The maximum absolute atomic E-state index is 9.33. The van der Waals surface area contributed by atoms with Crippen molar-refractivity contribution in [3.8, 4) is 12.1 Å². The largest absolute Gasteiger partial charge is 0.353 e. The highest BCUT2D eigenvalue weighted by atomic mass is 35.5. The molecule has 120 valence electrons. The molecule has 2 aromatic rings. The summed E-state index contributed by atoms with van der Waals surface area (Å²) in [5, 5.41) is 18.5. The van der Waals surface area contributed by atoms with Gasteiger partial charge in [-0.15, -0.1) is 0 Å². The second-order valence-electron chi connectivity index (χ2n) is 5.67. The van der Waals surface area contributed by atoms with Gasteiger partial charge in [0.2, 0.25) is 0 Å². The first-order valence-corrected chi connectivity index (χ1v) is 8.11. The lowest BCUT2D eigenvalue weighted by atomic mass is 10.1. The van der Waals surface area contributed by atoms with E-state index < -0.39 is 0 Å². The summed E-state index contributed by atoms with van der Waals surface area (Å²) in [5.41, 5.74) is 1.93. The first kappa shape index (κ1) is 16.3. The fourth-order valence-electron chi connectivity index (χ4n) is 2.84. The average Bonchev–Trinajstić information content (AvgIpc) is 2.63. The van der Waals surface area contributed by atoms with Crippen LogP contribution in [0.15, 0.2) is 36.4 Å². The SMILES string of the molecule is N#Cc1cc(C#N)c(N2CCN(Cc3ccccc3)CC2)nc1Cl. The molecule has 0 radical (unpaired) electrons. The van der Waals surface area contributed by atoms with Crippen molar-refractivity contribution in [2.75, 3.05) is 31.1 Å². The molecule has 0 unspecified atom stereocenters. The molecular formula is C18H16ClN5. The minimum absolute atomic E-state index is 0.151. The summed E-state index contributed by atoms with van der Waals surface area (Å²) in [4.78, 5) is 8.72. The van der Waals surface area contributed by atoms with Gasteiger partial charge in [0, 0.05) is 32.7 Å². The Hall–Kier alpha value is -2.60. The van der Waals surface area contributed by atoms with E-state index in [1.807, 2.05) is 24.3 Å². The normalized spacial score (nSPS) is 14.9. The van der Waals surface area contributed by atoms with Crippen molar-refractivity contribution >= 4 is 17.4 Å². The third-order valence-corrected chi connectivity index (χ3v) is 4.41. The molecular weight excluding hydrogens is 322 g/mol. The Bertz CT molecular complexity index is 799. The Labute approximate surface area is 146 Å². The molecule has 24 heavy (non-hydrogen) atoms. The number of aromatic nitrogens is 1. The van der Waals surface area contributed by atoms with Crippen LogP contribution in [0.5, 0.6) is 0 Å². The molecule has 3 rings (SSSR count). The zero-order chi connectivity index (χ0) is 16.9. The van der Waals surface area contributed by atoms with Crippen molar-refractivity contribution in [3.63, 3.8) is 0 Å². The Balaban J connectivity index is 1.70. The quantitative estimate of drug-likeness (QED) is 0.806. The summed E-state index contributed by atoms with van der Waals surface area (Å²) in [6.45, 7) is 4.24. The number of piperazine rings is 1. The second kappa shape index (κ2) is 7.31. The van der Waals surface area contributed by atoms with Crippen molar-refractivity contribution in [1.82, 2.24) is 9.88 Å². The molecule has 0 N–H and O–H groups in total. The number of anilines is 1. The van der Waals surface area contributed by atoms with Gasteiger partial charge in [0.25, 0.3) is 0 Å². The van der Waals surface area contributed by atoms with E-state index in [0.29, 0.717) is 11.4 Å². The van der Waals surface area contributed by atoms with Crippen LogP contribution in [-0.2, 0) is 6.54 Å². The highest BCUT2D eigenvalue weighted by Crippen LogP contribution is 2.24. The molecule has 2 heterocycles. The minimum Gasteiger partial charge on any atom is -0.353 e. The van der Waals surface area contributed by atoms with Crippen LogP contribution >= 0.6 is 11.6 Å². The van der Waals surface area contributed by atoms with Gasteiger partial charge in [0.1, 0.15) is 23.1 Å². The van der Waals surface area contributed by atoms with Crippen LogP contribution in [0.1, 0.15) is 16.7 Å². The van der Waals surface area contributed by atoms with Gasteiger partial charge in [-0.25, -0.2) is 4.98 Å². The highest BCUT2D eigenvalue weighted by molar-refractivity contribution is 6.30. The number of hydrogen-bond acceptors (Lipinski definition) is 5. The second-order valence-corrected chi connectivity index (χ2v) is 6.03. The van der Waals surface area contributed by atoms with E-state index in [1.54, 1.807) is 0 Å². The molecule has 1 aromatic carbocycles. The topological polar surface area (TPSA) is 67.0 Å². The third-order valence-electron chi connectivity index (χ3n) is 4.12. The molecule has 5 nitrogen and oxygen atoms in total. The van der Waals surface area contributed by atoms with Gasteiger partial charge < -0.3 is 4.90 Å². The molecule has 0 amide bonds. The maximum atomic E-state index is 9.33. The van der Waals surface area contributed by atoms with Crippen molar-refractivity contribution < 1.29 is 0 Å². The third kappa shape index (κ3) is 3.49. The summed E-state index contributed by atoms with van der Waals surface area (Å²) in [5.74, 6) is 0.570. The maximum Gasteiger partial charge on any atom is 0.149 e. The van der Waals surface area contributed by atoms with Crippen molar-refractivity contribution in [1.29, 1.82) is 10.5 Å². The summed E-state index contributed by atoms with van der Waals surface area (Å²) in [7, 11) is 0. The molecule has 0 bridgehead atoms. The molecule has 0 atom stereocenters. The van der Waals surface area contributed by atoms with E-state index in [0.717, 1.165) is 32.7 Å². The van der Waals surface area contributed by atoms with Gasteiger partial charge in [-0.3, -0.25) is 4.90 Å². The van der Waals surface area contributed by atoms with Crippen LogP contribution in [0.4, 0.5) is 5.82 Å². The highest BCUT2D eigenvalue weighted by Gasteiger charge is 2.22. The monoisotopic (exact) mass is 337 g/mol. The van der Waals surface area contributed by atoms with Gasteiger partial charge >= 0.3 is 0 Å². The minimum atomic E-state index is 0.151. The fourth-order valence-corrected chi connectivity index (χ4v) is 3.02. The number of nitriles is 2. The number of benzene rings is 1. The molecule has 0 spiro atoms. The summed E-state index contributed by atoms with van der Waals surface area (Å²) in [6, 6.07) is 16.0. The first-order valence-electron chi connectivity index (χ1n) is 7.73. The average molecular weight is 338 g/mol. The Morgan fingerprint density at radius 1 is 1.00 bits per heavy atom. The molecule has 0 saturated carbocycles. The number of halogens is 1. The van der Waals surface area contributed by atoms with Gasteiger partial charge in [-0.1, -0.05) is 41.9 Å². The zero-order valence-electron chi connectivity index (χ0n) is 13.1. The number of hydrogen-bond donors (Lipinski definition) is 0. The van der Waals surface area contributed by atoms with E-state index in [-0.39, 0.29) is 10.7 Å². The first-order chi connectivity index (χ1) is 11.7. The van der Waals surface area contributed by atoms with E-state index in [2.05, 4.69) is 33.0 Å². The lowest BCUT2D eigenvalue weighted by molar-refractivity contribution is 0.249. The van der Waals surface area contributed by atoms with Crippen LogP contribution in [-0.4, -0.2) is 36.1 Å². The molecule has 1 fully saturated rings. The van der Waals surface area contributed by atoms with Crippen LogP contribution in [0.2, 0.25) is 5.15 Å². The van der Waals surface area contributed by atoms with Gasteiger partial charge in [-0.05, 0) is 11.6 Å². The van der Waals surface area contributed by atoms with Crippen molar-refractivity contribution in [2.45, 2.75) is 6.54 Å². The fraction of sp³-hybridized carbons (Fsp3) is 0.278.